The minimum absolute atomic E-state index is 0.395. The smallest absolute Gasteiger partial charge is 0.309 e. The van der Waals surface area contributed by atoms with Crippen molar-refractivity contribution in [3.05, 3.63) is 0 Å². The van der Waals surface area contributed by atoms with Crippen LogP contribution in [0.2, 0.25) is 0 Å². The van der Waals surface area contributed by atoms with Crippen LogP contribution < -0.4 is 0 Å². The van der Waals surface area contributed by atoms with E-state index in [0.717, 1.165) is 32.6 Å². The van der Waals surface area contributed by atoms with Crippen LogP contribution in [0.25, 0.3) is 0 Å². The Kier molecular flexibility index (Phi) is 3.68. The molecule has 0 heterocycles. The molecule has 0 amide bonds. The van der Waals surface area contributed by atoms with Crippen molar-refractivity contribution in [1.29, 1.82) is 0 Å². The fourth-order valence-electron chi connectivity index (χ4n) is 2.47. The summed E-state index contributed by atoms with van der Waals surface area (Å²) in [5.41, 5.74) is -1.19. The van der Waals surface area contributed by atoms with Gasteiger partial charge in [0.05, 0.1) is 5.41 Å². The van der Waals surface area contributed by atoms with Gasteiger partial charge in [0.25, 0.3) is 0 Å². The zero-order valence-corrected chi connectivity index (χ0v) is 9.06. The van der Waals surface area contributed by atoms with Crippen molar-refractivity contribution in [3.8, 4) is 0 Å². The molecular formula is C11H18F2O2. The van der Waals surface area contributed by atoms with Crippen LogP contribution in [0.4, 0.5) is 8.78 Å². The lowest BCUT2D eigenvalue weighted by Gasteiger charge is -2.30. The van der Waals surface area contributed by atoms with Gasteiger partial charge in [0.1, 0.15) is 0 Å². The van der Waals surface area contributed by atoms with E-state index in [4.69, 9.17) is 5.11 Å². The molecule has 88 valence electrons. The minimum Gasteiger partial charge on any atom is -0.481 e. The first-order valence-corrected chi connectivity index (χ1v) is 5.47. The van der Waals surface area contributed by atoms with Gasteiger partial charge in [0.15, 0.2) is 0 Å². The first kappa shape index (κ1) is 12.4. The van der Waals surface area contributed by atoms with E-state index >= 15 is 0 Å². The SMILES string of the molecule is CC(F)(F)CC1(C(=O)O)CCCCCC1. The van der Waals surface area contributed by atoms with Gasteiger partial charge in [-0.05, 0) is 19.8 Å². The number of alkyl halides is 2. The average molecular weight is 220 g/mol. The predicted octanol–water partition coefficient (Wildman–Crippen LogP) is 3.46. The number of halogens is 2. The normalized spacial score (nSPS) is 22.1. The van der Waals surface area contributed by atoms with Crippen molar-refractivity contribution in [2.75, 3.05) is 0 Å². The Labute approximate surface area is 88.7 Å². The first-order chi connectivity index (χ1) is 6.86. The maximum Gasteiger partial charge on any atom is 0.309 e. The molecular weight excluding hydrogens is 202 g/mol. The van der Waals surface area contributed by atoms with Crippen molar-refractivity contribution < 1.29 is 18.7 Å². The van der Waals surface area contributed by atoms with E-state index < -0.39 is 23.7 Å². The summed E-state index contributed by atoms with van der Waals surface area (Å²) in [5, 5.41) is 9.14. The topological polar surface area (TPSA) is 37.3 Å². The maximum absolute atomic E-state index is 13.0. The number of rotatable bonds is 3. The fourth-order valence-corrected chi connectivity index (χ4v) is 2.47. The molecule has 1 fully saturated rings. The Bertz CT molecular complexity index is 225. The molecule has 0 unspecified atom stereocenters. The van der Waals surface area contributed by atoms with E-state index in [1.165, 1.54) is 0 Å². The zero-order chi connectivity index (χ0) is 11.5. The van der Waals surface area contributed by atoms with Crippen LogP contribution >= 0.6 is 0 Å². The van der Waals surface area contributed by atoms with Crippen molar-refractivity contribution in [2.45, 2.75) is 57.8 Å². The summed E-state index contributed by atoms with van der Waals surface area (Å²) in [4.78, 5) is 11.2. The second-order valence-corrected chi connectivity index (χ2v) is 4.75. The molecule has 0 spiro atoms. The van der Waals surface area contributed by atoms with Crippen LogP contribution in [0.3, 0.4) is 0 Å². The van der Waals surface area contributed by atoms with Gasteiger partial charge < -0.3 is 5.11 Å². The van der Waals surface area contributed by atoms with E-state index in [1.807, 2.05) is 0 Å². The molecule has 0 aromatic heterocycles. The number of hydrogen-bond acceptors (Lipinski definition) is 1. The highest BCUT2D eigenvalue weighted by molar-refractivity contribution is 5.74. The van der Waals surface area contributed by atoms with Crippen LogP contribution in [-0.2, 0) is 4.79 Å². The number of carboxylic acids is 1. The van der Waals surface area contributed by atoms with Crippen molar-refractivity contribution in [2.24, 2.45) is 5.41 Å². The van der Waals surface area contributed by atoms with Gasteiger partial charge >= 0.3 is 5.97 Å². The second-order valence-electron chi connectivity index (χ2n) is 4.75. The Balaban J connectivity index is 2.81. The highest BCUT2D eigenvalue weighted by atomic mass is 19.3. The molecule has 1 aliphatic rings. The van der Waals surface area contributed by atoms with E-state index in [9.17, 15) is 13.6 Å². The van der Waals surface area contributed by atoms with E-state index in [1.54, 1.807) is 0 Å². The number of carboxylic acid groups (broad SMARTS) is 1. The molecule has 1 rings (SSSR count). The number of hydrogen-bond donors (Lipinski definition) is 1. The monoisotopic (exact) mass is 220 g/mol. The fraction of sp³-hybridized carbons (Fsp3) is 0.909. The summed E-state index contributed by atoms with van der Waals surface area (Å²) < 4.78 is 26.0. The average Bonchev–Trinajstić information content (AvgIpc) is 2.28. The third-order valence-electron chi connectivity index (χ3n) is 3.16. The van der Waals surface area contributed by atoms with Crippen molar-refractivity contribution >= 4 is 5.97 Å². The molecule has 2 nitrogen and oxygen atoms in total. The van der Waals surface area contributed by atoms with Gasteiger partial charge in [-0.2, -0.15) is 0 Å². The number of aliphatic carboxylic acids is 1. The molecule has 0 atom stereocenters. The predicted molar refractivity (Wildman–Crippen MR) is 53.0 cm³/mol. The lowest BCUT2D eigenvalue weighted by atomic mass is 9.76. The molecule has 1 aliphatic carbocycles. The highest BCUT2D eigenvalue weighted by Crippen LogP contribution is 2.43. The van der Waals surface area contributed by atoms with E-state index in [2.05, 4.69) is 0 Å². The Morgan fingerprint density at radius 3 is 2.07 bits per heavy atom. The highest BCUT2D eigenvalue weighted by Gasteiger charge is 2.44. The molecule has 0 saturated heterocycles. The maximum atomic E-state index is 13.0. The second kappa shape index (κ2) is 4.45. The Morgan fingerprint density at radius 1 is 1.27 bits per heavy atom. The Morgan fingerprint density at radius 2 is 1.73 bits per heavy atom. The molecule has 1 saturated carbocycles. The third-order valence-corrected chi connectivity index (χ3v) is 3.16. The number of carbonyl (C=O) groups is 1. The molecule has 0 radical (unpaired) electrons. The largest absolute Gasteiger partial charge is 0.481 e. The van der Waals surface area contributed by atoms with Gasteiger partial charge in [0.2, 0.25) is 5.92 Å². The standard InChI is InChI=1S/C11H18F2O2/c1-10(12,13)8-11(9(14)15)6-4-2-3-5-7-11/h2-8H2,1H3,(H,14,15). The molecule has 0 aromatic rings. The lowest BCUT2D eigenvalue weighted by molar-refractivity contribution is -0.156. The molecule has 4 heteroatoms. The van der Waals surface area contributed by atoms with Gasteiger partial charge in [-0.3, -0.25) is 4.79 Å². The molecule has 1 N–H and O–H groups in total. The summed E-state index contributed by atoms with van der Waals surface area (Å²) in [5.74, 6) is -3.94. The summed E-state index contributed by atoms with van der Waals surface area (Å²) in [6.07, 6.45) is 3.70. The van der Waals surface area contributed by atoms with Gasteiger partial charge in [-0.15, -0.1) is 0 Å². The third kappa shape index (κ3) is 3.43. The van der Waals surface area contributed by atoms with Crippen LogP contribution in [0, 0.1) is 5.41 Å². The van der Waals surface area contributed by atoms with Crippen molar-refractivity contribution in [1.82, 2.24) is 0 Å². The molecule has 0 aromatic carbocycles. The van der Waals surface area contributed by atoms with E-state index in [0.29, 0.717) is 12.8 Å². The zero-order valence-electron chi connectivity index (χ0n) is 9.06. The summed E-state index contributed by atoms with van der Waals surface area (Å²) in [7, 11) is 0. The molecule has 15 heavy (non-hydrogen) atoms. The van der Waals surface area contributed by atoms with Gasteiger partial charge in [-0.1, -0.05) is 25.7 Å². The summed E-state index contributed by atoms with van der Waals surface area (Å²) >= 11 is 0. The summed E-state index contributed by atoms with van der Waals surface area (Å²) in [6.45, 7) is 0.808. The minimum atomic E-state index is -2.89. The van der Waals surface area contributed by atoms with E-state index in [-0.39, 0.29) is 0 Å². The van der Waals surface area contributed by atoms with Crippen LogP contribution in [-0.4, -0.2) is 17.0 Å². The van der Waals surface area contributed by atoms with Gasteiger partial charge in [0, 0.05) is 6.42 Å². The summed E-state index contributed by atoms with van der Waals surface area (Å²) in [6, 6.07) is 0. The first-order valence-electron chi connectivity index (χ1n) is 5.47. The van der Waals surface area contributed by atoms with Crippen LogP contribution in [0.1, 0.15) is 51.9 Å². The van der Waals surface area contributed by atoms with Crippen LogP contribution in [0.5, 0.6) is 0 Å². The van der Waals surface area contributed by atoms with Gasteiger partial charge in [-0.25, -0.2) is 8.78 Å². The molecule has 0 aliphatic heterocycles. The lowest BCUT2D eigenvalue weighted by Crippen LogP contribution is -2.36. The molecule has 0 bridgehead atoms. The van der Waals surface area contributed by atoms with Crippen LogP contribution in [0.15, 0.2) is 0 Å². The van der Waals surface area contributed by atoms with Crippen molar-refractivity contribution in [3.63, 3.8) is 0 Å². The Hall–Kier alpha value is -0.670. The quantitative estimate of drug-likeness (QED) is 0.739.